The summed E-state index contributed by atoms with van der Waals surface area (Å²) in [6.45, 7) is 10.7. The van der Waals surface area contributed by atoms with Crippen LogP contribution < -0.4 is 25.8 Å². The fourth-order valence-electron chi connectivity index (χ4n) is 9.06. The molecule has 1 saturated carbocycles. The second kappa shape index (κ2) is 16.5. The third-order valence-electron chi connectivity index (χ3n) is 12.1. The van der Waals surface area contributed by atoms with Crippen LogP contribution in [0.1, 0.15) is 91.7 Å². The van der Waals surface area contributed by atoms with Crippen LogP contribution in [0.4, 0.5) is 17.5 Å². The molecular weight excluding hydrogens is 711 g/mol. The Labute approximate surface area is 326 Å². The second-order valence-corrected chi connectivity index (χ2v) is 15.7. The number of benzene rings is 1. The SMILES string of the molecule is CC(=O)c1c(C)c2cnc(Nc3ccc(OCCN4CCCC(N5CCN(c6ccc(C7CCC(=O)NC7=O)cc6)CC5)C4)cn3)nc2n(C2CCCC2)c1=O. The number of carbonyl (C=O) groups is 3. The lowest BCUT2D eigenvalue weighted by Gasteiger charge is -2.44. The lowest BCUT2D eigenvalue weighted by atomic mass is 9.90. The van der Waals surface area contributed by atoms with Gasteiger partial charge in [0.25, 0.3) is 5.56 Å². The van der Waals surface area contributed by atoms with Crippen LogP contribution in [0, 0.1) is 6.92 Å². The third kappa shape index (κ3) is 8.03. The van der Waals surface area contributed by atoms with E-state index in [4.69, 9.17) is 9.72 Å². The summed E-state index contributed by atoms with van der Waals surface area (Å²) in [5, 5.41) is 6.35. The number of piperidine rings is 2. The van der Waals surface area contributed by atoms with Gasteiger partial charge in [-0.2, -0.15) is 4.98 Å². The molecule has 294 valence electrons. The van der Waals surface area contributed by atoms with E-state index in [2.05, 4.69) is 47.4 Å². The maximum Gasteiger partial charge on any atom is 0.263 e. The lowest BCUT2D eigenvalue weighted by Crippen LogP contribution is -2.55. The number of carbonyl (C=O) groups excluding carboxylic acids is 3. The van der Waals surface area contributed by atoms with Crippen LogP contribution >= 0.6 is 0 Å². The summed E-state index contributed by atoms with van der Waals surface area (Å²) in [7, 11) is 0. The second-order valence-electron chi connectivity index (χ2n) is 15.7. The van der Waals surface area contributed by atoms with Crippen LogP contribution in [0.25, 0.3) is 11.0 Å². The van der Waals surface area contributed by atoms with Gasteiger partial charge in [-0.15, -0.1) is 0 Å². The van der Waals surface area contributed by atoms with Crippen LogP contribution in [0.2, 0.25) is 0 Å². The molecule has 0 spiro atoms. The molecule has 2 N–H and O–H groups in total. The van der Waals surface area contributed by atoms with Crippen molar-refractivity contribution in [3.05, 3.63) is 75.8 Å². The highest BCUT2D eigenvalue weighted by Gasteiger charge is 2.30. The fourth-order valence-corrected chi connectivity index (χ4v) is 9.06. The fraction of sp³-hybridized carbons (Fsp3) is 0.500. The van der Waals surface area contributed by atoms with Gasteiger partial charge in [-0.25, -0.2) is 9.97 Å². The van der Waals surface area contributed by atoms with Gasteiger partial charge in [-0.1, -0.05) is 25.0 Å². The van der Waals surface area contributed by atoms with Gasteiger partial charge < -0.3 is 15.0 Å². The number of anilines is 3. The van der Waals surface area contributed by atoms with Crippen molar-refractivity contribution in [2.45, 2.75) is 83.2 Å². The smallest absolute Gasteiger partial charge is 0.263 e. The van der Waals surface area contributed by atoms with Crippen molar-refractivity contribution in [1.82, 2.24) is 34.6 Å². The summed E-state index contributed by atoms with van der Waals surface area (Å²) in [5.74, 6) is 0.712. The van der Waals surface area contributed by atoms with Gasteiger partial charge in [0.05, 0.1) is 17.7 Å². The summed E-state index contributed by atoms with van der Waals surface area (Å²) < 4.78 is 7.83. The maximum absolute atomic E-state index is 13.5. The molecule has 4 fully saturated rings. The Morgan fingerprint density at radius 2 is 1.66 bits per heavy atom. The Hall–Kier alpha value is -5.21. The number of fused-ring (bicyclic) bond motifs is 1. The Bertz CT molecular complexity index is 2140. The summed E-state index contributed by atoms with van der Waals surface area (Å²) in [5.41, 5.74) is 3.25. The highest BCUT2D eigenvalue weighted by Crippen LogP contribution is 2.32. The highest BCUT2D eigenvalue weighted by molar-refractivity contribution is 6.01. The zero-order chi connectivity index (χ0) is 38.8. The molecule has 1 aromatic carbocycles. The molecule has 1 aliphatic carbocycles. The van der Waals surface area contributed by atoms with E-state index in [1.54, 1.807) is 23.9 Å². The number of ketones is 1. The number of aromatic nitrogens is 4. The molecular formula is C42H51N9O5. The summed E-state index contributed by atoms with van der Waals surface area (Å²) in [6, 6.07) is 12.6. The molecule has 2 amide bonds. The number of Topliss-reactive ketones (excluding diaryl/α,β-unsaturated/α-hetero) is 1. The number of hydrogen-bond donors (Lipinski definition) is 2. The largest absolute Gasteiger partial charge is 0.491 e. The van der Waals surface area contributed by atoms with Gasteiger partial charge in [-0.3, -0.25) is 38.9 Å². The van der Waals surface area contributed by atoms with Gasteiger partial charge in [-0.05, 0) is 87.9 Å². The molecule has 14 heteroatoms. The minimum absolute atomic E-state index is 0.0132. The van der Waals surface area contributed by atoms with E-state index in [0.29, 0.717) is 59.6 Å². The van der Waals surface area contributed by atoms with E-state index >= 15 is 0 Å². The lowest BCUT2D eigenvalue weighted by molar-refractivity contribution is -0.134. The standard InChI is InChI=1S/C42H51N9O5/c1-27-35-25-44-42(47-39(35)51(31-6-3-4-7-31)41(55)38(27)28(2)52)45-36-15-13-33(24-43-36)56-23-22-48-17-5-8-32(26-48)50-20-18-49(19-21-50)30-11-9-29(10-12-30)34-14-16-37(53)46-40(34)54/h9-13,15,24-25,31-32,34H,3-8,14,16-23,26H2,1-2H3,(H,46,53,54)(H,43,44,45,47). The monoisotopic (exact) mass is 761 g/mol. The first-order valence-corrected chi connectivity index (χ1v) is 20.2. The van der Waals surface area contributed by atoms with Crippen molar-refractivity contribution in [3.8, 4) is 5.75 Å². The Morgan fingerprint density at radius 1 is 0.893 bits per heavy atom. The number of pyridine rings is 2. The van der Waals surface area contributed by atoms with Crippen molar-refractivity contribution < 1.29 is 19.1 Å². The molecule has 4 aliphatic rings. The predicted octanol–water partition coefficient (Wildman–Crippen LogP) is 4.74. The number of amides is 2. The van der Waals surface area contributed by atoms with Crippen molar-refractivity contribution in [2.75, 3.05) is 62.6 Å². The number of rotatable bonds is 11. The molecule has 3 aromatic heterocycles. The normalized spacial score (nSPS) is 21.4. The van der Waals surface area contributed by atoms with E-state index < -0.39 is 0 Å². The number of likely N-dealkylation sites (tertiary alicyclic amines) is 1. The first-order valence-electron chi connectivity index (χ1n) is 20.2. The average Bonchev–Trinajstić information content (AvgIpc) is 3.73. The van der Waals surface area contributed by atoms with E-state index in [1.807, 2.05) is 24.3 Å². The number of piperazine rings is 1. The number of nitrogens with one attached hydrogen (secondary N) is 2. The average molecular weight is 762 g/mol. The van der Waals surface area contributed by atoms with Gasteiger partial charge in [0.2, 0.25) is 17.8 Å². The zero-order valence-corrected chi connectivity index (χ0v) is 32.3. The molecule has 0 radical (unpaired) electrons. The molecule has 14 nitrogen and oxygen atoms in total. The molecule has 2 atom stereocenters. The summed E-state index contributed by atoms with van der Waals surface area (Å²) in [6.07, 6.45) is 10.6. The van der Waals surface area contributed by atoms with Crippen LogP contribution in [0.15, 0.2) is 53.6 Å². The van der Waals surface area contributed by atoms with Crippen molar-refractivity contribution in [2.24, 2.45) is 0 Å². The quantitative estimate of drug-likeness (QED) is 0.160. The number of hydrogen-bond acceptors (Lipinski definition) is 12. The molecule has 8 rings (SSSR count). The molecule has 4 aromatic rings. The van der Waals surface area contributed by atoms with Crippen molar-refractivity contribution in [1.29, 1.82) is 0 Å². The molecule has 56 heavy (non-hydrogen) atoms. The summed E-state index contributed by atoms with van der Waals surface area (Å²) in [4.78, 5) is 71.2. The number of nitrogens with zero attached hydrogens (tertiary/aromatic N) is 7. The maximum atomic E-state index is 13.5. The molecule has 2 unspecified atom stereocenters. The van der Waals surface area contributed by atoms with Gasteiger partial charge >= 0.3 is 0 Å². The molecule has 3 aliphatic heterocycles. The van der Waals surface area contributed by atoms with Crippen LogP contribution in [-0.4, -0.2) is 105 Å². The Morgan fingerprint density at radius 3 is 2.38 bits per heavy atom. The number of ether oxygens (including phenoxy) is 1. The van der Waals surface area contributed by atoms with E-state index in [-0.39, 0.29) is 40.7 Å². The minimum atomic E-state index is -0.272. The first kappa shape index (κ1) is 37.7. The number of aryl methyl sites for hydroxylation is 1. The van der Waals surface area contributed by atoms with E-state index in [9.17, 15) is 19.2 Å². The topological polar surface area (TPSA) is 155 Å². The summed E-state index contributed by atoms with van der Waals surface area (Å²) >= 11 is 0. The van der Waals surface area contributed by atoms with Gasteiger partial charge in [0.15, 0.2) is 5.78 Å². The van der Waals surface area contributed by atoms with Gasteiger partial charge in [0, 0.05) is 75.0 Å². The van der Waals surface area contributed by atoms with Crippen molar-refractivity contribution >= 4 is 46.1 Å². The molecule has 0 bridgehead atoms. The first-order chi connectivity index (χ1) is 27.2. The van der Waals surface area contributed by atoms with Crippen LogP contribution in [0.3, 0.4) is 0 Å². The Balaban J connectivity index is 0.813. The van der Waals surface area contributed by atoms with E-state index in [1.165, 1.54) is 25.5 Å². The minimum Gasteiger partial charge on any atom is -0.491 e. The van der Waals surface area contributed by atoms with Crippen LogP contribution in [0.5, 0.6) is 5.75 Å². The zero-order valence-electron chi connectivity index (χ0n) is 32.3. The van der Waals surface area contributed by atoms with Crippen LogP contribution in [-0.2, 0) is 9.59 Å². The highest BCUT2D eigenvalue weighted by atomic mass is 16.5. The van der Waals surface area contributed by atoms with Crippen molar-refractivity contribution in [3.63, 3.8) is 0 Å². The third-order valence-corrected chi connectivity index (χ3v) is 12.1. The van der Waals surface area contributed by atoms with E-state index in [0.717, 1.165) is 77.1 Å². The Kier molecular flexibility index (Phi) is 11.1. The number of imide groups is 1. The molecule has 3 saturated heterocycles. The molecule has 6 heterocycles. The van der Waals surface area contributed by atoms with Gasteiger partial charge in [0.1, 0.15) is 23.8 Å². The predicted molar refractivity (Wildman–Crippen MR) is 214 cm³/mol.